The van der Waals surface area contributed by atoms with Crippen LogP contribution in [0.4, 0.5) is 11.4 Å². The van der Waals surface area contributed by atoms with Crippen molar-refractivity contribution in [2.75, 3.05) is 43.4 Å². The summed E-state index contributed by atoms with van der Waals surface area (Å²) in [6, 6.07) is 8.26. The van der Waals surface area contributed by atoms with E-state index in [4.69, 9.17) is 0 Å². The number of carbonyl (C=O) groups excluding carboxylic acids is 1. The Balaban J connectivity index is 1.58. The first-order chi connectivity index (χ1) is 9.72. The Hall–Kier alpha value is -1.55. The van der Waals surface area contributed by atoms with Gasteiger partial charge in [0.2, 0.25) is 5.91 Å². The Morgan fingerprint density at radius 1 is 1.15 bits per heavy atom. The number of anilines is 2. The molecule has 3 rings (SSSR count). The summed E-state index contributed by atoms with van der Waals surface area (Å²) in [5, 5.41) is 3.04. The van der Waals surface area contributed by atoms with Gasteiger partial charge in [0.25, 0.3) is 0 Å². The van der Waals surface area contributed by atoms with Crippen LogP contribution in [0.25, 0.3) is 0 Å². The maximum atomic E-state index is 12.2. The van der Waals surface area contributed by atoms with Crippen molar-refractivity contribution in [2.24, 2.45) is 5.92 Å². The highest BCUT2D eigenvalue weighted by Crippen LogP contribution is 2.23. The standard InChI is InChI=1S/C16H23N3O/c1-18-11-8-13(12-18)16(20)17-14-4-6-15(7-5-14)19-9-2-3-10-19/h4-7,13H,2-3,8-12H2,1H3,(H,17,20). The normalized spacial score (nSPS) is 23.2. The lowest BCUT2D eigenvalue weighted by molar-refractivity contribution is -0.119. The number of likely N-dealkylation sites (tertiary alicyclic amines) is 1. The second-order valence-electron chi connectivity index (χ2n) is 5.98. The van der Waals surface area contributed by atoms with E-state index in [1.807, 2.05) is 12.1 Å². The lowest BCUT2D eigenvalue weighted by atomic mass is 10.1. The minimum Gasteiger partial charge on any atom is -0.372 e. The fourth-order valence-electron chi connectivity index (χ4n) is 3.12. The van der Waals surface area contributed by atoms with Crippen molar-refractivity contribution in [1.82, 2.24) is 4.90 Å². The van der Waals surface area contributed by atoms with Crippen LogP contribution in [0.1, 0.15) is 19.3 Å². The molecule has 1 aromatic rings. The lowest BCUT2D eigenvalue weighted by Crippen LogP contribution is -2.25. The summed E-state index contributed by atoms with van der Waals surface area (Å²) in [4.78, 5) is 16.8. The van der Waals surface area contributed by atoms with Gasteiger partial charge in [-0.15, -0.1) is 0 Å². The van der Waals surface area contributed by atoms with Crippen molar-refractivity contribution in [3.05, 3.63) is 24.3 Å². The van der Waals surface area contributed by atoms with Gasteiger partial charge in [-0.3, -0.25) is 4.79 Å². The molecule has 108 valence electrons. The van der Waals surface area contributed by atoms with Crippen LogP contribution >= 0.6 is 0 Å². The molecule has 2 fully saturated rings. The molecular formula is C16H23N3O. The Morgan fingerprint density at radius 3 is 2.45 bits per heavy atom. The number of amides is 1. The zero-order valence-corrected chi connectivity index (χ0v) is 12.1. The van der Waals surface area contributed by atoms with Gasteiger partial charge < -0.3 is 15.1 Å². The van der Waals surface area contributed by atoms with Crippen LogP contribution in [0, 0.1) is 5.92 Å². The van der Waals surface area contributed by atoms with E-state index >= 15 is 0 Å². The van der Waals surface area contributed by atoms with Crippen LogP contribution in [0.5, 0.6) is 0 Å². The van der Waals surface area contributed by atoms with Gasteiger partial charge in [-0.2, -0.15) is 0 Å². The third-order valence-corrected chi connectivity index (χ3v) is 4.37. The molecule has 0 radical (unpaired) electrons. The molecule has 0 aliphatic carbocycles. The predicted molar refractivity (Wildman–Crippen MR) is 82.1 cm³/mol. The summed E-state index contributed by atoms with van der Waals surface area (Å²) in [5.74, 6) is 0.293. The summed E-state index contributed by atoms with van der Waals surface area (Å²) in [6.45, 7) is 4.20. The second-order valence-corrected chi connectivity index (χ2v) is 5.98. The van der Waals surface area contributed by atoms with Crippen LogP contribution in [0.15, 0.2) is 24.3 Å². The van der Waals surface area contributed by atoms with Gasteiger partial charge in [0.1, 0.15) is 0 Å². The van der Waals surface area contributed by atoms with E-state index in [1.54, 1.807) is 0 Å². The number of nitrogens with one attached hydrogen (secondary N) is 1. The number of rotatable bonds is 3. The molecule has 0 aromatic heterocycles. The monoisotopic (exact) mass is 273 g/mol. The van der Waals surface area contributed by atoms with Gasteiger partial charge in [-0.05, 0) is 57.1 Å². The van der Waals surface area contributed by atoms with Crippen molar-refractivity contribution in [2.45, 2.75) is 19.3 Å². The Bertz CT molecular complexity index is 465. The zero-order chi connectivity index (χ0) is 13.9. The molecule has 2 aliphatic heterocycles. The number of hydrogen-bond acceptors (Lipinski definition) is 3. The maximum Gasteiger partial charge on any atom is 0.228 e. The number of nitrogens with zero attached hydrogens (tertiary/aromatic N) is 2. The number of carbonyl (C=O) groups is 1. The predicted octanol–water partition coefficient (Wildman–Crippen LogP) is 2.18. The summed E-state index contributed by atoms with van der Waals surface area (Å²) in [5.41, 5.74) is 2.17. The summed E-state index contributed by atoms with van der Waals surface area (Å²) >= 11 is 0. The van der Waals surface area contributed by atoms with E-state index in [0.29, 0.717) is 0 Å². The van der Waals surface area contributed by atoms with Crippen LogP contribution in [-0.2, 0) is 4.79 Å². The van der Waals surface area contributed by atoms with E-state index in [-0.39, 0.29) is 11.8 Å². The minimum atomic E-state index is 0.137. The molecule has 0 spiro atoms. The van der Waals surface area contributed by atoms with Crippen molar-refractivity contribution in [3.63, 3.8) is 0 Å². The Morgan fingerprint density at radius 2 is 1.85 bits per heavy atom. The Labute approximate surface area is 120 Å². The van der Waals surface area contributed by atoms with Crippen LogP contribution in [0.2, 0.25) is 0 Å². The largest absolute Gasteiger partial charge is 0.372 e. The van der Waals surface area contributed by atoms with Gasteiger partial charge in [0.15, 0.2) is 0 Å². The SMILES string of the molecule is CN1CCC(C(=O)Nc2ccc(N3CCCC3)cc2)C1. The Kier molecular flexibility index (Phi) is 3.92. The highest BCUT2D eigenvalue weighted by Gasteiger charge is 2.26. The molecular weight excluding hydrogens is 250 g/mol. The number of hydrogen-bond donors (Lipinski definition) is 1. The van der Waals surface area contributed by atoms with Crippen molar-refractivity contribution in [1.29, 1.82) is 0 Å². The first-order valence-electron chi connectivity index (χ1n) is 7.57. The summed E-state index contributed by atoms with van der Waals surface area (Å²) < 4.78 is 0. The van der Waals surface area contributed by atoms with E-state index in [0.717, 1.165) is 38.3 Å². The van der Waals surface area contributed by atoms with Crippen molar-refractivity contribution in [3.8, 4) is 0 Å². The highest BCUT2D eigenvalue weighted by atomic mass is 16.1. The van der Waals surface area contributed by atoms with Gasteiger partial charge in [-0.25, -0.2) is 0 Å². The molecule has 0 saturated carbocycles. The molecule has 20 heavy (non-hydrogen) atoms. The van der Waals surface area contributed by atoms with E-state index < -0.39 is 0 Å². The first kappa shape index (κ1) is 13.4. The summed E-state index contributed by atoms with van der Waals surface area (Å²) in [6.07, 6.45) is 3.54. The molecule has 1 aromatic carbocycles. The smallest absolute Gasteiger partial charge is 0.228 e. The minimum absolute atomic E-state index is 0.137. The van der Waals surface area contributed by atoms with Gasteiger partial charge in [-0.1, -0.05) is 0 Å². The molecule has 1 atom stereocenters. The third kappa shape index (κ3) is 2.96. The van der Waals surface area contributed by atoms with E-state index in [1.165, 1.54) is 18.5 Å². The average molecular weight is 273 g/mol. The first-order valence-corrected chi connectivity index (χ1v) is 7.57. The van der Waals surface area contributed by atoms with Crippen molar-refractivity contribution >= 4 is 17.3 Å². The molecule has 2 saturated heterocycles. The van der Waals surface area contributed by atoms with Crippen LogP contribution in [0.3, 0.4) is 0 Å². The summed E-state index contributed by atoms with van der Waals surface area (Å²) in [7, 11) is 2.07. The lowest BCUT2D eigenvalue weighted by Gasteiger charge is -2.18. The molecule has 1 amide bonds. The van der Waals surface area contributed by atoms with Gasteiger partial charge >= 0.3 is 0 Å². The maximum absolute atomic E-state index is 12.2. The fourth-order valence-corrected chi connectivity index (χ4v) is 3.12. The average Bonchev–Trinajstić information content (AvgIpc) is 3.10. The quantitative estimate of drug-likeness (QED) is 0.917. The van der Waals surface area contributed by atoms with E-state index in [2.05, 4.69) is 34.3 Å². The number of benzene rings is 1. The molecule has 2 aliphatic rings. The van der Waals surface area contributed by atoms with Crippen LogP contribution < -0.4 is 10.2 Å². The highest BCUT2D eigenvalue weighted by molar-refractivity contribution is 5.93. The van der Waals surface area contributed by atoms with Gasteiger partial charge in [0.05, 0.1) is 5.92 Å². The molecule has 0 bridgehead atoms. The molecule has 1 N–H and O–H groups in total. The topological polar surface area (TPSA) is 35.6 Å². The molecule has 2 heterocycles. The molecule has 4 nitrogen and oxygen atoms in total. The third-order valence-electron chi connectivity index (χ3n) is 4.37. The fraction of sp³-hybridized carbons (Fsp3) is 0.562. The second kappa shape index (κ2) is 5.83. The zero-order valence-electron chi connectivity index (χ0n) is 12.1. The van der Waals surface area contributed by atoms with E-state index in [9.17, 15) is 4.79 Å². The molecule has 4 heteroatoms. The van der Waals surface area contributed by atoms with Crippen molar-refractivity contribution < 1.29 is 4.79 Å². The van der Waals surface area contributed by atoms with Gasteiger partial charge in [0, 0.05) is 31.0 Å². The van der Waals surface area contributed by atoms with Crippen LogP contribution in [-0.4, -0.2) is 44.0 Å². The molecule has 1 unspecified atom stereocenters.